The van der Waals surface area contributed by atoms with Crippen molar-refractivity contribution in [1.82, 2.24) is 15.5 Å². The van der Waals surface area contributed by atoms with Crippen LogP contribution in [0.5, 0.6) is 0 Å². The highest BCUT2D eigenvalue weighted by atomic mass is 16.1. The summed E-state index contributed by atoms with van der Waals surface area (Å²) in [5.41, 5.74) is 8.65. The Labute approximate surface area is 117 Å². The molecule has 0 bridgehead atoms. The Morgan fingerprint density at radius 1 is 1.40 bits per heavy atom. The van der Waals surface area contributed by atoms with Crippen molar-refractivity contribution >= 4 is 11.7 Å². The van der Waals surface area contributed by atoms with Crippen LogP contribution in [0.4, 0.5) is 5.82 Å². The molecule has 0 aliphatic carbocycles. The Kier molecular flexibility index (Phi) is 2.78. The number of rotatable bonds is 2. The largest absolute Gasteiger partial charge is 0.363 e. The van der Waals surface area contributed by atoms with Crippen molar-refractivity contribution < 1.29 is 4.79 Å². The zero-order valence-corrected chi connectivity index (χ0v) is 11.6. The number of aromatic nitrogens is 2. The van der Waals surface area contributed by atoms with Crippen molar-refractivity contribution in [1.29, 1.82) is 0 Å². The van der Waals surface area contributed by atoms with E-state index in [0.29, 0.717) is 11.4 Å². The molecular formula is C15H17N4O. The molecule has 2 aromatic rings. The van der Waals surface area contributed by atoms with Crippen molar-refractivity contribution in [2.75, 3.05) is 5.32 Å². The third kappa shape index (κ3) is 1.95. The van der Waals surface area contributed by atoms with E-state index >= 15 is 0 Å². The number of nitrogens with zero attached hydrogens (tertiary/aromatic N) is 2. The molecule has 2 heterocycles. The van der Waals surface area contributed by atoms with Crippen molar-refractivity contribution in [3.05, 3.63) is 47.7 Å². The zero-order valence-electron chi connectivity index (χ0n) is 11.6. The second-order valence-electron chi connectivity index (χ2n) is 5.77. The first-order valence-corrected chi connectivity index (χ1v) is 6.65. The zero-order chi connectivity index (χ0) is 14.3. The molecule has 1 aliphatic heterocycles. The van der Waals surface area contributed by atoms with Gasteiger partial charge in [0.25, 0.3) is 5.91 Å². The highest BCUT2D eigenvalue weighted by Crippen LogP contribution is 2.39. The first-order valence-electron chi connectivity index (χ1n) is 6.65. The van der Waals surface area contributed by atoms with Gasteiger partial charge in [-0.15, -0.1) is 0 Å². The summed E-state index contributed by atoms with van der Waals surface area (Å²) in [6.07, 6.45) is 2.35. The third-order valence-electron chi connectivity index (χ3n) is 3.80. The highest BCUT2D eigenvalue weighted by molar-refractivity contribution is 5.97. The minimum absolute atomic E-state index is 0.119. The Morgan fingerprint density at radius 2 is 2.10 bits per heavy atom. The second-order valence-corrected chi connectivity index (χ2v) is 5.77. The molecule has 1 aromatic carbocycles. The molecule has 1 atom stereocenters. The SMILES string of the molecule is CC1(C)CC(c2ccccc2)Nc2c(C([NH])=O)cnn21. The molecule has 1 aliphatic rings. The van der Waals surface area contributed by atoms with Gasteiger partial charge in [-0.2, -0.15) is 5.10 Å². The number of carbonyl (C=O) groups is 1. The van der Waals surface area contributed by atoms with Crippen LogP contribution < -0.4 is 11.1 Å². The van der Waals surface area contributed by atoms with E-state index in [2.05, 4.69) is 36.4 Å². The summed E-state index contributed by atoms with van der Waals surface area (Å²) in [6.45, 7) is 4.19. The normalized spacial score (nSPS) is 20.0. The lowest BCUT2D eigenvalue weighted by Gasteiger charge is -2.38. The number of hydrogen-bond acceptors (Lipinski definition) is 3. The molecule has 5 nitrogen and oxygen atoms in total. The van der Waals surface area contributed by atoms with Gasteiger partial charge in [0.05, 0.1) is 17.8 Å². The molecule has 1 amide bonds. The number of anilines is 1. The molecule has 1 unspecified atom stereocenters. The number of fused-ring (bicyclic) bond motifs is 1. The molecular weight excluding hydrogens is 252 g/mol. The number of amides is 1. The van der Waals surface area contributed by atoms with Crippen molar-refractivity contribution in [2.24, 2.45) is 0 Å². The van der Waals surface area contributed by atoms with Crippen molar-refractivity contribution in [3.63, 3.8) is 0 Å². The van der Waals surface area contributed by atoms with Crippen LogP contribution in [0.1, 0.15) is 42.2 Å². The van der Waals surface area contributed by atoms with Crippen LogP contribution in [-0.4, -0.2) is 15.7 Å². The van der Waals surface area contributed by atoms with Crippen LogP contribution in [0.25, 0.3) is 0 Å². The molecule has 1 aromatic heterocycles. The average molecular weight is 269 g/mol. The third-order valence-corrected chi connectivity index (χ3v) is 3.80. The Morgan fingerprint density at radius 3 is 2.75 bits per heavy atom. The van der Waals surface area contributed by atoms with E-state index in [-0.39, 0.29) is 11.6 Å². The number of carbonyl (C=O) groups excluding carboxylic acids is 1. The van der Waals surface area contributed by atoms with Crippen molar-refractivity contribution in [2.45, 2.75) is 31.8 Å². The van der Waals surface area contributed by atoms with Gasteiger partial charge in [0, 0.05) is 0 Å². The van der Waals surface area contributed by atoms with E-state index in [9.17, 15) is 4.79 Å². The van der Waals surface area contributed by atoms with Crippen LogP contribution in [0.2, 0.25) is 0 Å². The van der Waals surface area contributed by atoms with Crippen LogP contribution in [0.15, 0.2) is 36.5 Å². The summed E-state index contributed by atoms with van der Waals surface area (Å²) in [4.78, 5) is 11.4. The van der Waals surface area contributed by atoms with Gasteiger partial charge >= 0.3 is 0 Å². The maximum Gasteiger partial charge on any atom is 0.275 e. The summed E-state index contributed by atoms with van der Waals surface area (Å²) < 4.78 is 1.81. The van der Waals surface area contributed by atoms with Gasteiger partial charge < -0.3 is 5.32 Å². The minimum atomic E-state index is -0.705. The number of benzene rings is 1. The van der Waals surface area contributed by atoms with Crippen LogP contribution >= 0.6 is 0 Å². The summed E-state index contributed by atoms with van der Waals surface area (Å²) in [6, 6.07) is 10.3. The Bertz CT molecular complexity index is 645. The van der Waals surface area contributed by atoms with E-state index in [0.717, 1.165) is 6.42 Å². The van der Waals surface area contributed by atoms with Gasteiger partial charge in [-0.1, -0.05) is 30.3 Å². The van der Waals surface area contributed by atoms with E-state index in [1.165, 1.54) is 11.8 Å². The molecule has 5 heteroatoms. The first-order chi connectivity index (χ1) is 9.49. The molecule has 1 radical (unpaired) electrons. The number of hydrogen-bond donors (Lipinski definition) is 1. The molecule has 0 fully saturated rings. The molecule has 0 saturated heterocycles. The Hall–Kier alpha value is -2.30. The minimum Gasteiger partial charge on any atom is -0.363 e. The van der Waals surface area contributed by atoms with Gasteiger partial charge in [-0.05, 0) is 25.8 Å². The lowest BCUT2D eigenvalue weighted by atomic mass is 9.89. The fraction of sp³-hybridized carbons (Fsp3) is 0.333. The van der Waals surface area contributed by atoms with Gasteiger partial charge in [0.1, 0.15) is 11.4 Å². The molecule has 0 saturated carbocycles. The van der Waals surface area contributed by atoms with E-state index in [1.54, 1.807) is 0 Å². The quantitative estimate of drug-likeness (QED) is 0.911. The lowest BCUT2D eigenvalue weighted by molar-refractivity contribution is 0.0992. The molecule has 2 N–H and O–H groups in total. The topological polar surface area (TPSA) is 70.7 Å². The van der Waals surface area contributed by atoms with Gasteiger partial charge in [-0.25, -0.2) is 4.68 Å². The van der Waals surface area contributed by atoms with Gasteiger partial charge in [0.15, 0.2) is 0 Å². The maximum atomic E-state index is 11.4. The fourth-order valence-corrected chi connectivity index (χ4v) is 2.80. The summed E-state index contributed by atoms with van der Waals surface area (Å²) in [5.74, 6) is -0.0571. The van der Waals surface area contributed by atoms with Crippen LogP contribution in [-0.2, 0) is 5.54 Å². The molecule has 20 heavy (non-hydrogen) atoms. The molecule has 103 valence electrons. The first kappa shape index (κ1) is 12.7. The molecule has 3 rings (SSSR count). The van der Waals surface area contributed by atoms with Crippen molar-refractivity contribution in [3.8, 4) is 0 Å². The summed E-state index contributed by atoms with van der Waals surface area (Å²) in [5, 5.41) is 7.63. The number of nitrogens with one attached hydrogen (secondary N) is 2. The smallest absolute Gasteiger partial charge is 0.275 e. The van der Waals surface area contributed by atoms with E-state index < -0.39 is 5.91 Å². The van der Waals surface area contributed by atoms with Gasteiger partial charge in [0.2, 0.25) is 0 Å². The lowest BCUT2D eigenvalue weighted by Crippen LogP contribution is -2.38. The summed E-state index contributed by atoms with van der Waals surface area (Å²) in [7, 11) is 0. The second kappa shape index (κ2) is 4.37. The van der Waals surface area contributed by atoms with Crippen LogP contribution in [0.3, 0.4) is 0 Å². The molecule has 0 spiro atoms. The maximum absolute atomic E-state index is 11.4. The van der Waals surface area contributed by atoms with Crippen LogP contribution in [0, 0.1) is 0 Å². The standard InChI is InChI=1S/C15H17N4O/c1-15(2)8-12(10-6-4-3-5-7-10)18-14-11(13(16)20)9-17-19(14)15/h3-7,9,12,16,18H,8H2,1-2H3. The van der Waals surface area contributed by atoms with E-state index in [1.807, 2.05) is 22.9 Å². The van der Waals surface area contributed by atoms with Gasteiger partial charge in [-0.3, -0.25) is 10.5 Å². The monoisotopic (exact) mass is 269 g/mol. The highest BCUT2D eigenvalue weighted by Gasteiger charge is 2.36. The Balaban J connectivity index is 2.05. The average Bonchev–Trinajstić information content (AvgIpc) is 2.84. The predicted octanol–water partition coefficient (Wildman–Crippen LogP) is 2.60. The predicted molar refractivity (Wildman–Crippen MR) is 76.4 cm³/mol. The van der Waals surface area contributed by atoms with E-state index in [4.69, 9.17) is 5.73 Å². The summed E-state index contributed by atoms with van der Waals surface area (Å²) >= 11 is 0. The fourth-order valence-electron chi connectivity index (χ4n) is 2.80.